The van der Waals surface area contributed by atoms with Crippen molar-refractivity contribution in [1.29, 1.82) is 0 Å². The van der Waals surface area contributed by atoms with Gasteiger partial charge in [0, 0.05) is 12.1 Å². The van der Waals surface area contributed by atoms with E-state index in [9.17, 15) is 0 Å². The predicted octanol–water partition coefficient (Wildman–Crippen LogP) is 3.88. The van der Waals surface area contributed by atoms with Gasteiger partial charge in [-0.1, -0.05) is 29.3 Å². The van der Waals surface area contributed by atoms with Crippen molar-refractivity contribution in [2.75, 3.05) is 0 Å². The molecule has 0 heterocycles. The Bertz CT molecular complexity index is 316. The van der Waals surface area contributed by atoms with Crippen LogP contribution in [0.15, 0.2) is 18.2 Å². The SMILES string of the molecule is CC(C)(C)NCc1ccc(Cl)c(Cl)c1. The molecular formula is C11H15Cl2N. The van der Waals surface area contributed by atoms with Crippen LogP contribution in [-0.2, 0) is 6.54 Å². The largest absolute Gasteiger partial charge is 0.308 e. The first-order valence-electron chi connectivity index (χ1n) is 4.57. The van der Waals surface area contributed by atoms with Gasteiger partial charge in [0.25, 0.3) is 0 Å². The van der Waals surface area contributed by atoms with Gasteiger partial charge in [0.1, 0.15) is 0 Å². The Balaban J connectivity index is 2.65. The second-order valence-corrected chi connectivity index (χ2v) is 5.17. The summed E-state index contributed by atoms with van der Waals surface area (Å²) in [6, 6.07) is 5.69. The first-order valence-corrected chi connectivity index (χ1v) is 5.33. The standard InChI is InChI=1S/C11H15Cl2N/c1-11(2,3)14-7-8-4-5-9(12)10(13)6-8/h4-6,14H,7H2,1-3H3. The quantitative estimate of drug-likeness (QED) is 0.815. The van der Waals surface area contributed by atoms with Crippen molar-refractivity contribution < 1.29 is 0 Å². The molecule has 0 aromatic heterocycles. The van der Waals surface area contributed by atoms with E-state index in [1.54, 1.807) is 0 Å². The molecule has 0 unspecified atom stereocenters. The van der Waals surface area contributed by atoms with Crippen LogP contribution in [0.3, 0.4) is 0 Å². The molecule has 0 saturated carbocycles. The summed E-state index contributed by atoms with van der Waals surface area (Å²) in [7, 11) is 0. The summed E-state index contributed by atoms with van der Waals surface area (Å²) in [5.41, 5.74) is 1.26. The Morgan fingerprint density at radius 2 is 1.79 bits per heavy atom. The molecule has 78 valence electrons. The van der Waals surface area contributed by atoms with Crippen LogP contribution in [0.4, 0.5) is 0 Å². The van der Waals surface area contributed by atoms with E-state index in [-0.39, 0.29) is 5.54 Å². The fraction of sp³-hybridized carbons (Fsp3) is 0.455. The average molecular weight is 232 g/mol. The van der Waals surface area contributed by atoms with Gasteiger partial charge in [-0.25, -0.2) is 0 Å². The predicted molar refractivity (Wildman–Crippen MR) is 63.1 cm³/mol. The number of hydrogen-bond acceptors (Lipinski definition) is 1. The molecule has 0 aliphatic carbocycles. The lowest BCUT2D eigenvalue weighted by atomic mass is 10.1. The molecule has 14 heavy (non-hydrogen) atoms. The van der Waals surface area contributed by atoms with Gasteiger partial charge >= 0.3 is 0 Å². The van der Waals surface area contributed by atoms with Crippen molar-refractivity contribution in [1.82, 2.24) is 5.32 Å². The second kappa shape index (κ2) is 4.52. The Labute approximate surface area is 95.4 Å². The highest BCUT2D eigenvalue weighted by atomic mass is 35.5. The number of halogens is 2. The van der Waals surface area contributed by atoms with E-state index in [0.717, 1.165) is 12.1 Å². The van der Waals surface area contributed by atoms with Crippen LogP contribution in [0.1, 0.15) is 26.3 Å². The van der Waals surface area contributed by atoms with Gasteiger partial charge in [0.2, 0.25) is 0 Å². The molecule has 1 aromatic carbocycles. The summed E-state index contributed by atoms with van der Waals surface area (Å²) in [5.74, 6) is 0. The number of benzene rings is 1. The molecule has 0 aliphatic rings. The molecule has 0 bridgehead atoms. The number of hydrogen-bond donors (Lipinski definition) is 1. The van der Waals surface area contributed by atoms with Crippen LogP contribution in [0.2, 0.25) is 10.0 Å². The van der Waals surface area contributed by atoms with Gasteiger partial charge in [0.15, 0.2) is 0 Å². The molecule has 3 heteroatoms. The second-order valence-electron chi connectivity index (χ2n) is 4.35. The molecule has 1 nitrogen and oxygen atoms in total. The van der Waals surface area contributed by atoms with Crippen molar-refractivity contribution in [2.45, 2.75) is 32.9 Å². The average Bonchev–Trinajstić information content (AvgIpc) is 2.06. The van der Waals surface area contributed by atoms with Gasteiger partial charge < -0.3 is 5.32 Å². The lowest BCUT2D eigenvalue weighted by molar-refractivity contribution is 0.424. The molecule has 1 rings (SSSR count). The molecule has 0 saturated heterocycles. The van der Waals surface area contributed by atoms with E-state index in [0.29, 0.717) is 10.0 Å². The van der Waals surface area contributed by atoms with Crippen molar-refractivity contribution in [3.8, 4) is 0 Å². The first-order chi connectivity index (χ1) is 6.38. The van der Waals surface area contributed by atoms with Gasteiger partial charge in [0.05, 0.1) is 10.0 Å². The third-order valence-corrected chi connectivity index (χ3v) is 2.55. The monoisotopic (exact) mass is 231 g/mol. The molecular weight excluding hydrogens is 217 g/mol. The molecule has 0 spiro atoms. The number of rotatable bonds is 2. The Morgan fingerprint density at radius 3 is 2.29 bits per heavy atom. The van der Waals surface area contributed by atoms with E-state index in [1.807, 2.05) is 18.2 Å². The molecule has 0 fully saturated rings. The first kappa shape index (κ1) is 11.8. The maximum Gasteiger partial charge on any atom is 0.0595 e. The van der Waals surface area contributed by atoms with Crippen molar-refractivity contribution in [3.63, 3.8) is 0 Å². The van der Waals surface area contributed by atoms with Gasteiger partial charge in [-0.15, -0.1) is 0 Å². The normalized spacial score (nSPS) is 11.8. The minimum absolute atomic E-state index is 0.117. The molecule has 1 aromatic rings. The number of nitrogens with one attached hydrogen (secondary N) is 1. The van der Waals surface area contributed by atoms with E-state index >= 15 is 0 Å². The fourth-order valence-corrected chi connectivity index (χ4v) is 1.34. The van der Waals surface area contributed by atoms with Gasteiger partial charge in [-0.3, -0.25) is 0 Å². The summed E-state index contributed by atoms with van der Waals surface area (Å²) in [4.78, 5) is 0. The zero-order chi connectivity index (χ0) is 10.8. The summed E-state index contributed by atoms with van der Waals surface area (Å²) in [5, 5.41) is 4.60. The molecule has 0 amide bonds. The molecule has 0 radical (unpaired) electrons. The molecule has 0 aliphatic heterocycles. The van der Waals surface area contributed by atoms with Crippen LogP contribution >= 0.6 is 23.2 Å². The minimum Gasteiger partial charge on any atom is -0.308 e. The van der Waals surface area contributed by atoms with Crippen molar-refractivity contribution >= 4 is 23.2 Å². The van der Waals surface area contributed by atoms with Crippen LogP contribution in [0, 0.1) is 0 Å². The summed E-state index contributed by atoms with van der Waals surface area (Å²) >= 11 is 11.7. The minimum atomic E-state index is 0.117. The van der Waals surface area contributed by atoms with Crippen molar-refractivity contribution in [2.24, 2.45) is 0 Å². The zero-order valence-electron chi connectivity index (χ0n) is 8.70. The van der Waals surface area contributed by atoms with Crippen LogP contribution < -0.4 is 5.32 Å². The maximum atomic E-state index is 5.90. The highest BCUT2D eigenvalue weighted by molar-refractivity contribution is 6.42. The fourth-order valence-electron chi connectivity index (χ4n) is 1.02. The summed E-state index contributed by atoms with van der Waals surface area (Å²) in [6.07, 6.45) is 0. The highest BCUT2D eigenvalue weighted by Gasteiger charge is 2.08. The lowest BCUT2D eigenvalue weighted by Crippen LogP contribution is -2.35. The molecule has 0 atom stereocenters. The highest BCUT2D eigenvalue weighted by Crippen LogP contribution is 2.22. The van der Waals surface area contributed by atoms with Crippen LogP contribution in [0.25, 0.3) is 0 Å². The maximum absolute atomic E-state index is 5.90. The topological polar surface area (TPSA) is 12.0 Å². The third kappa shape index (κ3) is 3.87. The van der Waals surface area contributed by atoms with Gasteiger partial charge in [-0.2, -0.15) is 0 Å². The summed E-state index contributed by atoms with van der Waals surface area (Å²) < 4.78 is 0. The van der Waals surface area contributed by atoms with E-state index < -0.39 is 0 Å². The Kier molecular flexibility index (Phi) is 3.82. The third-order valence-electron chi connectivity index (χ3n) is 1.81. The lowest BCUT2D eigenvalue weighted by Gasteiger charge is -2.20. The van der Waals surface area contributed by atoms with Crippen LogP contribution in [-0.4, -0.2) is 5.54 Å². The van der Waals surface area contributed by atoms with E-state index in [2.05, 4.69) is 26.1 Å². The van der Waals surface area contributed by atoms with Crippen molar-refractivity contribution in [3.05, 3.63) is 33.8 Å². The summed E-state index contributed by atoms with van der Waals surface area (Å²) in [6.45, 7) is 7.19. The molecule has 1 N–H and O–H groups in total. The van der Waals surface area contributed by atoms with E-state index in [4.69, 9.17) is 23.2 Å². The Hall–Kier alpha value is -0.240. The smallest absolute Gasteiger partial charge is 0.0595 e. The van der Waals surface area contributed by atoms with Gasteiger partial charge in [-0.05, 0) is 38.5 Å². The van der Waals surface area contributed by atoms with Crippen LogP contribution in [0.5, 0.6) is 0 Å². The van der Waals surface area contributed by atoms with E-state index in [1.165, 1.54) is 0 Å². The Morgan fingerprint density at radius 1 is 1.14 bits per heavy atom. The zero-order valence-corrected chi connectivity index (χ0v) is 10.2.